The lowest BCUT2D eigenvalue weighted by Gasteiger charge is -2.09. The number of aromatic nitrogens is 3. The predicted molar refractivity (Wildman–Crippen MR) is 99.1 cm³/mol. The number of hydrogen-bond acceptors (Lipinski definition) is 5. The quantitative estimate of drug-likeness (QED) is 0.571. The zero-order chi connectivity index (χ0) is 18.4. The standard InChI is InChI=1S/C19H19N5O2/c1-3-26-16-6-4-15(5-7-16)17-12-18(23-22-17)19(25)24-21-13(2)14-8-10-20-11-9-14/h4-12,21H,2-3H2,1H3,(H,22,23)(H,24,25). The van der Waals surface area contributed by atoms with E-state index in [0.717, 1.165) is 16.9 Å². The van der Waals surface area contributed by atoms with Gasteiger partial charge in [-0.15, -0.1) is 0 Å². The van der Waals surface area contributed by atoms with E-state index in [1.165, 1.54) is 0 Å². The molecule has 7 nitrogen and oxygen atoms in total. The molecular weight excluding hydrogens is 330 g/mol. The minimum absolute atomic E-state index is 0.337. The summed E-state index contributed by atoms with van der Waals surface area (Å²) in [6, 6.07) is 12.8. The Kier molecular flexibility index (Phi) is 5.28. The van der Waals surface area contributed by atoms with Crippen molar-refractivity contribution in [1.82, 2.24) is 26.0 Å². The molecule has 7 heteroatoms. The molecule has 132 valence electrons. The van der Waals surface area contributed by atoms with Crippen molar-refractivity contribution in [2.24, 2.45) is 0 Å². The number of nitrogens with one attached hydrogen (secondary N) is 3. The van der Waals surface area contributed by atoms with Crippen molar-refractivity contribution < 1.29 is 9.53 Å². The fourth-order valence-corrected chi connectivity index (χ4v) is 2.30. The summed E-state index contributed by atoms with van der Waals surface area (Å²) in [6.07, 6.45) is 3.31. The summed E-state index contributed by atoms with van der Waals surface area (Å²) in [6.45, 7) is 6.42. The molecule has 0 saturated carbocycles. The molecule has 0 aliphatic heterocycles. The Morgan fingerprint density at radius 3 is 2.58 bits per heavy atom. The second-order valence-electron chi connectivity index (χ2n) is 5.42. The summed E-state index contributed by atoms with van der Waals surface area (Å²) in [5, 5.41) is 6.92. The van der Waals surface area contributed by atoms with Gasteiger partial charge in [-0.3, -0.25) is 25.7 Å². The van der Waals surface area contributed by atoms with Gasteiger partial charge in [0.25, 0.3) is 5.91 Å². The van der Waals surface area contributed by atoms with Gasteiger partial charge in [0.2, 0.25) is 0 Å². The maximum Gasteiger partial charge on any atom is 0.287 e. The molecule has 0 atom stereocenters. The van der Waals surface area contributed by atoms with Crippen LogP contribution in [0.15, 0.2) is 61.4 Å². The Bertz CT molecular complexity index is 888. The van der Waals surface area contributed by atoms with E-state index in [-0.39, 0.29) is 5.91 Å². The number of H-pyrrole nitrogens is 1. The first-order valence-electron chi connectivity index (χ1n) is 8.11. The molecule has 3 aromatic rings. The predicted octanol–water partition coefficient (Wildman–Crippen LogP) is 2.78. The summed E-state index contributed by atoms with van der Waals surface area (Å²) in [5.74, 6) is 0.452. The van der Waals surface area contributed by atoms with Crippen LogP contribution < -0.4 is 15.6 Å². The topological polar surface area (TPSA) is 91.9 Å². The van der Waals surface area contributed by atoms with E-state index in [1.54, 1.807) is 30.6 Å². The summed E-state index contributed by atoms with van der Waals surface area (Å²) in [7, 11) is 0. The van der Waals surface area contributed by atoms with Crippen LogP contribution in [0.1, 0.15) is 23.0 Å². The van der Waals surface area contributed by atoms with E-state index in [1.807, 2.05) is 31.2 Å². The molecule has 0 aliphatic carbocycles. The first-order valence-corrected chi connectivity index (χ1v) is 8.11. The number of ether oxygens (including phenoxy) is 1. The smallest absolute Gasteiger partial charge is 0.287 e. The minimum Gasteiger partial charge on any atom is -0.494 e. The number of hydrazine groups is 1. The lowest BCUT2D eigenvalue weighted by molar-refractivity contribution is 0.0937. The van der Waals surface area contributed by atoms with E-state index in [0.29, 0.717) is 23.7 Å². The van der Waals surface area contributed by atoms with Gasteiger partial charge in [-0.05, 0) is 49.4 Å². The third kappa shape index (κ3) is 4.07. The second-order valence-corrected chi connectivity index (χ2v) is 5.42. The molecule has 3 N–H and O–H groups in total. The normalized spacial score (nSPS) is 10.2. The molecule has 1 aromatic carbocycles. The van der Waals surface area contributed by atoms with Gasteiger partial charge < -0.3 is 4.74 Å². The number of carbonyl (C=O) groups excluding carboxylic acids is 1. The number of rotatable bonds is 7. The van der Waals surface area contributed by atoms with Crippen molar-refractivity contribution in [3.63, 3.8) is 0 Å². The van der Waals surface area contributed by atoms with Crippen LogP contribution in [0.4, 0.5) is 0 Å². The van der Waals surface area contributed by atoms with Gasteiger partial charge in [-0.2, -0.15) is 5.10 Å². The molecule has 0 fully saturated rings. The van der Waals surface area contributed by atoms with Gasteiger partial charge in [-0.1, -0.05) is 6.58 Å². The summed E-state index contributed by atoms with van der Waals surface area (Å²) < 4.78 is 5.42. The van der Waals surface area contributed by atoms with Crippen molar-refractivity contribution in [2.75, 3.05) is 6.61 Å². The highest BCUT2D eigenvalue weighted by Gasteiger charge is 2.11. The van der Waals surface area contributed by atoms with Crippen molar-refractivity contribution >= 4 is 11.6 Å². The summed E-state index contributed by atoms with van der Waals surface area (Å²) in [5.41, 5.74) is 8.66. The van der Waals surface area contributed by atoms with E-state index >= 15 is 0 Å². The highest BCUT2D eigenvalue weighted by molar-refractivity contribution is 5.93. The second kappa shape index (κ2) is 7.98. The number of amides is 1. The van der Waals surface area contributed by atoms with Crippen molar-refractivity contribution in [1.29, 1.82) is 0 Å². The average Bonchev–Trinajstić information content (AvgIpc) is 3.18. The Hall–Kier alpha value is -3.61. The maximum absolute atomic E-state index is 12.2. The maximum atomic E-state index is 12.2. The molecule has 26 heavy (non-hydrogen) atoms. The minimum atomic E-state index is -0.343. The third-order valence-electron chi connectivity index (χ3n) is 3.64. The number of benzene rings is 1. The van der Waals surface area contributed by atoms with Gasteiger partial charge in [0.05, 0.1) is 18.0 Å². The van der Waals surface area contributed by atoms with E-state index in [4.69, 9.17) is 4.74 Å². The highest BCUT2D eigenvalue weighted by Crippen LogP contribution is 2.21. The van der Waals surface area contributed by atoms with Crippen LogP contribution in [-0.4, -0.2) is 27.7 Å². The summed E-state index contributed by atoms with van der Waals surface area (Å²) >= 11 is 0. The lowest BCUT2D eigenvalue weighted by Crippen LogP contribution is -2.36. The van der Waals surface area contributed by atoms with Gasteiger partial charge in [0.1, 0.15) is 11.4 Å². The largest absolute Gasteiger partial charge is 0.494 e. The van der Waals surface area contributed by atoms with Crippen LogP contribution in [0.25, 0.3) is 17.0 Å². The lowest BCUT2D eigenvalue weighted by atomic mass is 10.1. The number of pyridine rings is 1. The van der Waals surface area contributed by atoms with Crippen LogP contribution in [0.3, 0.4) is 0 Å². The summed E-state index contributed by atoms with van der Waals surface area (Å²) in [4.78, 5) is 16.2. The first kappa shape index (κ1) is 17.2. The molecule has 0 aliphatic rings. The average molecular weight is 349 g/mol. The van der Waals surface area contributed by atoms with Crippen LogP contribution in [0, 0.1) is 0 Å². The van der Waals surface area contributed by atoms with Gasteiger partial charge in [0.15, 0.2) is 0 Å². The molecule has 3 rings (SSSR count). The van der Waals surface area contributed by atoms with Crippen LogP contribution in [0.5, 0.6) is 5.75 Å². The molecular formula is C19H19N5O2. The fourth-order valence-electron chi connectivity index (χ4n) is 2.30. The molecule has 0 unspecified atom stereocenters. The molecule has 0 spiro atoms. The Morgan fingerprint density at radius 2 is 1.88 bits per heavy atom. The van der Waals surface area contributed by atoms with Crippen LogP contribution >= 0.6 is 0 Å². The molecule has 0 saturated heterocycles. The molecule has 1 amide bonds. The number of aromatic amines is 1. The van der Waals surface area contributed by atoms with Gasteiger partial charge in [0, 0.05) is 23.5 Å². The van der Waals surface area contributed by atoms with Crippen molar-refractivity contribution in [3.8, 4) is 17.0 Å². The first-order chi connectivity index (χ1) is 12.7. The van der Waals surface area contributed by atoms with Gasteiger partial charge >= 0.3 is 0 Å². The highest BCUT2D eigenvalue weighted by atomic mass is 16.5. The molecule has 0 bridgehead atoms. The third-order valence-corrected chi connectivity index (χ3v) is 3.64. The SMILES string of the molecule is C=C(NNC(=O)c1cc(-c2ccc(OCC)cc2)n[nH]1)c1ccncc1. The molecule has 2 heterocycles. The van der Waals surface area contributed by atoms with Crippen molar-refractivity contribution in [3.05, 3.63) is 72.7 Å². The Morgan fingerprint density at radius 1 is 1.15 bits per heavy atom. The van der Waals surface area contributed by atoms with Crippen LogP contribution in [-0.2, 0) is 0 Å². The number of hydrogen-bond donors (Lipinski definition) is 3. The van der Waals surface area contributed by atoms with E-state index in [9.17, 15) is 4.79 Å². The zero-order valence-corrected chi connectivity index (χ0v) is 14.3. The van der Waals surface area contributed by atoms with E-state index in [2.05, 4.69) is 32.6 Å². The Labute approximate surface area is 151 Å². The van der Waals surface area contributed by atoms with Gasteiger partial charge in [-0.25, -0.2) is 0 Å². The van der Waals surface area contributed by atoms with Crippen molar-refractivity contribution in [2.45, 2.75) is 6.92 Å². The molecule has 0 radical (unpaired) electrons. The Balaban J connectivity index is 1.62. The number of nitrogens with zero attached hydrogens (tertiary/aromatic N) is 2. The zero-order valence-electron chi connectivity index (χ0n) is 14.3. The number of carbonyl (C=O) groups is 1. The monoisotopic (exact) mass is 349 g/mol. The fraction of sp³-hybridized carbons (Fsp3) is 0.105. The van der Waals surface area contributed by atoms with Crippen LogP contribution in [0.2, 0.25) is 0 Å². The van der Waals surface area contributed by atoms with E-state index < -0.39 is 0 Å². The molecule has 2 aromatic heterocycles.